The first-order valence-electron chi connectivity index (χ1n) is 7.06. The van der Waals surface area contributed by atoms with E-state index < -0.39 is 16.0 Å². The van der Waals surface area contributed by atoms with E-state index in [4.69, 9.17) is 5.11 Å². The van der Waals surface area contributed by atoms with Crippen LogP contribution in [0, 0.1) is 0 Å². The Morgan fingerprint density at radius 1 is 1.24 bits per heavy atom. The van der Waals surface area contributed by atoms with Crippen LogP contribution in [0.3, 0.4) is 0 Å². The lowest BCUT2D eigenvalue weighted by molar-refractivity contribution is 0.0702. The summed E-state index contributed by atoms with van der Waals surface area (Å²) in [6.45, 7) is 2.82. The van der Waals surface area contributed by atoms with Crippen molar-refractivity contribution in [2.45, 2.75) is 29.5 Å². The predicted octanol–water partition coefficient (Wildman–Crippen LogP) is 1.31. The molecule has 2 fully saturated rings. The first-order chi connectivity index (χ1) is 9.98. The van der Waals surface area contributed by atoms with Crippen molar-refractivity contribution in [2.24, 2.45) is 0 Å². The largest absolute Gasteiger partial charge is 0.477 e. The molecule has 21 heavy (non-hydrogen) atoms. The van der Waals surface area contributed by atoms with E-state index >= 15 is 0 Å². The number of nitrogens with zero attached hydrogens (tertiary/aromatic N) is 2. The number of hydrogen-bond acceptors (Lipinski definition) is 5. The van der Waals surface area contributed by atoms with Crippen LogP contribution < -0.4 is 0 Å². The van der Waals surface area contributed by atoms with E-state index in [1.54, 1.807) is 0 Å². The summed E-state index contributed by atoms with van der Waals surface area (Å²) in [7, 11) is -3.56. The number of sulfonamides is 1. The minimum absolute atomic E-state index is 0.0601. The molecule has 0 radical (unpaired) electrons. The van der Waals surface area contributed by atoms with Gasteiger partial charge in [0.1, 0.15) is 9.09 Å². The highest BCUT2D eigenvalue weighted by molar-refractivity contribution is 7.91. The van der Waals surface area contributed by atoms with Gasteiger partial charge in [-0.2, -0.15) is 4.31 Å². The van der Waals surface area contributed by atoms with Crippen LogP contribution in [0.2, 0.25) is 0 Å². The number of hydrogen-bond donors (Lipinski definition) is 1. The van der Waals surface area contributed by atoms with Gasteiger partial charge >= 0.3 is 5.97 Å². The number of fused-ring (bicyclic) bond motifs is 1. The Labute approximate surface area is 128 Å². The van der Waals surface area contributed by atoms with Crippen LogP contribution in [0.1, 0.15) is 28.9 Å². The smallest absolute Gasteiger partial charge is 0.345 e. The third-order valence-corrected chi connectivity index (χ3v) is 7.59. The van der Waals surface area contributed by atoms with Crippen LogP contribution in [0.15, 0.2) is 16.3 Å². The van der Waals surface area contributed by atoms with Crippen molar-refractivity contribution in [2.75, 3.05) is 26.2 Å². The average molecular weight is 330 g/mol. The molecule has 1 aromatic rings. The van der Waals surface area contributed by atoms with E-state index in [9.17, 15) is 13.2 Å². The van der Waals surface area contributed by atoms with E-state index in [0.29, 0.717) is 19.1 Å². The van der Waals surface area contributed by atoms with E-state index in [2.05, 4.69) is 4.90 Å². The highest BCUT2D eigenvalue weighted by atomic mass is 32.2. The fourth-order valence-corrected chi connectivity index (χ4v) is 5.81. The fourth-order valence-electron chi connectivity index (χ4n) is 3.05. The summed E-state index contributed by atoms with van der Waals surface area (Å²) in [5.74, 6) is -1.08. The molecular formula is C13H18N2O4S2. The van der Waals surface area contributed by atoms with Gasteiger partial charge in [-0.15, -0.1) is 11.3 Å². The van der Waals surface area contributed by atoms with Crippen LogP contribution in [-0.4, -0.2) is 60.9 Å². The Morgan fingerprint density at radius 2 is 2.05 bits per heavy atom. The van der Waals surface area contributed by atoms with Crippen LogP contribution >= 0.6 is 11.3 Å². The highest BCUT2D eigenvalue weighted by Crippen LogP contribution is 2.28. The first kappa shape index (κ1) is 15.0. The van der Waals surface area contributed by atoms with E-state index in [1.165, 1.54) is 22.9 Å². The topological polar surface area (TPSA) is 77.9 Å². The van der Waals surface area contributed by atoms with Gasteiger partial charge < -0.3 is 5.11 Å². The standard InChI is InChI=1S/C13H18N2O4S2/c16-13(17)11-4-5-12(20-11)21(18,19)15-8-7-14-6-2-1-3-10(14)9-15/h4-5,10H,1-3,6-9H2,(H,16,17). The number of carboxylic acids is 1. The van der Waals surface area contributed by atoms with Crippen molar-refractivity contribution in [3.63, 3.8) is 0 Å². The summed E-state index contributed by atoms with van der Waals surface area (Å²) < 4.78 is 26.9. The molecular weight excluding hydrogens is 312 g/mol. The molecule has 1 aromatic heterocycles. The molecule has 0 spiro atoms. The first-order valence-corrected chi connectivity index (χ1v) is 9.31. The maximum Gasteiger partial charge on any atom is 0.345 e. The number of carbonyl (C=O) groups is 1. The summed E-state index contributed by atoms with van der Waals surface area (Å²) in [6.07, 6.45) is 3.38. The lowest BCUT2D eigenvalue weighted by Gasteiger charge is -2.43. The van der Waals surface area contributed by atoms with Crippen molar-refractivity contribution >= 4 is 27.3 Å². The number of carboxylic acid groups (broad SMARTS) is 1. The minimum Gasteiger partial charge on any atom is -0.477 e. The molecule has 0 aliphatic carbocycles. The molecule has 0 aromatic carbocycles. The Kier molecular flexibility index (Phi) is 4.04. The van der Waals surface area contributed by atoms with Gasteiger partial charge in [-0.1, -0.05) is 6.42 Å². The molecule has 3 heterocycles. The highest BCUT2D eigenvalue weighted by Gasteiger charge is 2.35. The summed E-state index contributed by atoms with van der Waals surface area (Å²) in [6, 6.07) is 3.06. The van der Waals surface area contributed by atoms with Crippen LogP contribution in [0.25, 0.3) is 0 Å². The predicted molar refractivity (Wildman–Crippen MR) is 79.2 cm³/mol. The number of rotatable bonds is 3. The second kappa shape index (κ2) is 5.68. The quantitative estimate of drug-likeness (QED) is 0.904. The summed E-state index contributed by atoms with van der Waals surface area (Å²) in [5, 5.41) is 8.92. The van der Waals surface area contributed by atoms with E-state index in [0.717, 1.165) is 37.3 Å². The van der Waals surface area contributed by atoms with Gasteiger partial charge in [-0.05, 0) is 31.5 Å². The molecule has 1 atom stereocenters. The molecule has 2 aliphatic heterocycles. The molecule has 0 amide bonds. The van der Waals surface area contributed by atoms with Gasteiger partial charge in [0.2, 0.25) is 0 Å². The fraction of sp³-hybridized carbons (Fsp3) is 0.615. The van der Waals surface area contributed by atoms with E-state index in [-0.39, 0.29) is 9.09 Å². The van der Waals surface area contributed by atoms with Crippen molar-refractivity contribution in [3.8, 4) is 0 Å². The number of piperidine rings is 1. The molecule has 8 heteroatoms. The minimum atomic E-state index is -3.56. The van der Waals surface area contributed by atoms with Gasteiger partial charge in [0.05, 0.1) is 0 Å². The normalized spacial score (nSPS) is 24.7. The molecule has 1 N–H and O–H groups in total. The molecule has 116 valence electrons. The van der Waals surface area contributed by atoms with Gasteiger partial charge in [-0.3, -0.25) is 4.90 Å². The van der Waals surface area contributed by atoms with Crippen LogP contribution in [0.4, 0.5) is 0 Å². The van der Waals surface area contributed by atoms with Gasteiger partial charge in [0.25, 0.3) is 10.0 Å². The molecule has 6 nitrogen and oxygen atoms in total. The van der Waals surface area contributed by atoms with Crippen LogP contribution in [0.5, 0.6) is 0 Å². The van der Waals surface area contributed by atoms with Gasteiger partial charge in [0.15, 0.2) is 0 Å². The Balaban J connectivity index is 1.79. The molecule has 3 rings (SSSR count). The van der Waals surface area contributed by atoms with E-state index in [1.807, 2.05) is 0 Å². The maximum absolute atomic E-state index is 12.6. The van der Waals surface area contributed by atoms with Gasteiger partial charge in [-0.25, -0.2) is 13.2 Å². The zero-order valence-corrected chi connectivity index (χ0v) is 13.2. The molecule has 2 saturated heterocycles. The summed E-state index contributed by atoms with van der Waals surface area (Å²) in [5.41, 5.74) is 0. The summed E-state index contributed by atoms with van der Waals surface area (Å²) >= 11 is 0.828. The second-order valence-corrected chi connectivity index (χ2v) is 8.72. The Bertz CT molecular complexity index is 640. The number of piperazine rings is 1. The van der Waals surface area contributed by atoms with Crippen molar-refractivity contribution in [3.05, 3.63) is 17.0 Å². The van der Waals surface area contributed by atoms with Crippen LogP contribution in [-0.2, 0) is 10.0 Å². The Hall–Kier alpha value is -0.960. The van der Waals surface area contributed by atoms with Crippen molar-refractivity contribution in [1.82, 2.24) is 9.21 Å². The van der Waals surface area contributed by atoms with Crippen molar-refractivity contribution in [1.29, 1.82) is 0 Å². The Morgan fingerprint density at radius 3 is 2.76 bits per heavy atom. The number of thiophene rings is 1. The summed E-state index contributed by atoms with van der Waals surface area (Å²) in [4.78, 5) is 13.3. The third-order valence-electron chi connectivity index (χ3n) is 4.19. The molecule has 2 aliphatic rings. The number of aromatic carboxylic acids is 1. The van der Waals surface area contributed by atoms with Gasteiger partial charge in [0, 0.05) is 25.7 Å². The average Bonchev–Trinajstić information content (AvgIpc) is 2.97. The SMILES string of the molecule is O=C(O)c1ccc(S(=O)(=O)N2CCN3CCCCC3C2)s1. The lowest BCUT2D eigenvalue weighted by atomic mass is 10.0. The van der Waals surface area contributed by atoms with Crippen molar-refractivity contribution < 1.29 is 18.3 Å². The molecule has 0 saturated carbocycles. The zero-order chi connectivity index (χ0) is 15.0. The monoisotopic (exact) mass is 330 g/mol. The molecule has 0 bridgehead atoms. The lowest BCUT2D eigenvalue weighted by Crippen LogP contribution is -2.55. The molecule has 1 unspecified atom stereocenters. The second-order valence-electron chi connectivity index (χ2n) is 5.47. The third kappa shape index (κ3) is 2.85. The maximum atomic E-state index is 12.6. The zero-order valence-electron chi connectivity index (χ0n) is 11.6.